The van der Waals surface area contributed by atoms with Gasteiger partial charge in [-0.25, -0.2) is 0 Å². The molecule has 86 valence electrons. The molecule has 0 atom stereocenters. The second kappa shape index (κ2) is 6.37. The Hall–Kier alpha value is -1.39. The average Bonchev–Trinajstić information content (AvgIpc) is 2.39. The number of unbranched alkanes of at least 4 members (excludes halogenated alkanes) is 2. The lowest BCUT2D eigenvalue weighted by molar-refractivity contribution is 0.837. The first-order valence-electron chi connectivity index (χ1n) is 5.96. The predicted octanol–water partition coefficient (Wildman–Crippen LogP) is 4.74. The van der Waals surface area contributed by atoms with E-state index in [1.54, 1.807) is 0 Å². The Bertz CT molecular complexity index is 517. The van der Waals surface area contributed by atoms with Crippen molar-refractivity contribution in [1.82, 2.24) is 0 Å². The third kappa shape index (κ3) is 3.28. The first-order chi connectivity index (χ1) is 8.42. The molecule has 0 N–H and O–H groups in total. The molecule has 0 aliphatic carbocycles. The van der Waals surface area contributed by atoms with Gasteiger partial charge < -0.3 is 0 Å². The second-order valence-corrected chi connectivity index (χ2v) is 5.12. The van der Waals surface area contributed by atoms with Crippen molar-refractivity contribution in [2.45, 2.75) is 24.2 Å². The fraction of sp³-hybridized carbons (Fsp3) is 0.250. The van der Waals surface area contributed by atoms with Crippen LogP contribution in [-0.2, 0) is 0 Å². The SMILES string of the molecule is C#CCCCCSc1cccc2ccccc12. The van der Waals surface area contributed by atoms with E-state index in [2.05, 4.69) is 48.4 Å². The van der Waals surface area contributed by atoms with Crippen LogP contribution in [0, 0.1) is 12.3 Å². The molecule has 0 aromatic heterocycles. The van der Waals surface area contributed by atoms with Gasteiger partial charge in [0, 0.05) is 11.3 Å². The summed E-state index contributed by atoms with van der Waals surface area (Å²) in [6.07, 6.45) is 8.46. The predicted molar refractivity (Wildman–Crippen MR) is 77.4 cm³/mol. The molecule has 2 aromatic rings. The normalized spacial score (nSPS) is 10.3. The first-order valence-corrected chi connectivity index (χ1v) is 6.94. The van der Waals surface area contributed by atoms with Crippen molar-refractivity contribution >= 4 is 22.5 Å². The van der Waals surface area contributed by atoms with Gasteiger partial charge >= 0.3 is 0 Å². The molecule has 2 aromatic carbocycles. The van der Waals surface area contributed by atoms with Gasteiger partial charge in [-0.15, -0.1) is 24.1 Å². The lowest BCUT2D eigenvalue weighted by Crippen LogP contribution is -1.82. The van der Waals surface area contributed by atoms with Crippen molar-refractivity contribution in [3.05, 3.63) is 42.5 Å². The molecule has 1 heteroatoms. The van der Waals surface area contributed by atoms with Crippen molar-refractivity contribution in [3.63, 3.8) is 0 Å². The van der Waals surface area contributed by atoms with Gasteiger partial charge in [0.25, 0.3) is 0 Å². The maximum absolute atomic E-state index is 5.24. The maximum atomic E-state index is 5.24. The summed E-state index contributed by atoms with van der Waals surface area (Å²) in [5.41, 5.74) is 0. The highest BCUT2D eigenvalue weighted by atomic mass is 32.2. The molecule has 0 fully saturated rings. The minimum absolute atomic E-state index is 0.899. The molecular formula is C16H16S. The minimum atomic E-state index is 0.899. The van der Waals surface area contributed by atoms with Gasteiger partial charge in [-0.2, -0.15) is 0 Å². The van der Waals surface area contributed by atoms with Gasteiger partial charge in [-0.05, 0) is 35.4 Å². The zero-order chi connectivity index (χ0) is 11.9. The van der Waals surface area contributed by atoms with Crippen molar-refractivity contribution in [2.24, 2.45) is 0 Å². The van der Waals surface area contributed by atoms with Gasteiger partial charge in [-0.1, -0.05) is 36.4 Å². The molecule has 0 nitrogen and oxygen atoms in total. The number of hydrogen-bond donors (Lipinski definition) is 0. The van der Waals surface area contributed by atoms with Crippen LogP contribution in [0.5, 0.6) is 0 Å². The number of terminal acetylenes is 1. The largest absolute Gasteiger partial charge is 0.126 e. The lowest BCUT2D eigenvalue weighted by Gasteiger charge is -2.05. The highest BCUT2D eigenvalue weighted by molar-refractivity contribution is 7.99. The summed E-state index contributed by atoms with van der Waals surface area (Å²) in [6.45, 7) is 0. The summed E-state index contributed by atoms with van der Waals surface area (Å²) in [5.74, 6) is 3.84. The third-order valence-corrected chi connectivity index (χ3v) is 3.88. The Morgan fingerprint density at radius 1 is 1.00 bits per heavy atom. The van der Waals surface area contributed by atoms with E-state index in [9.17, 15) is 0 Å². The highest BCUT2D eigenvalue weighted by Crippen LogP contribution is 2.28. The summed E-state index contributed by atoms with van der Waals surface area (Å²) in [4.78, 5) is 1.38. The number of benzene rings is 2. The highest BCUT2D eigenvalue weighted by Gasteiger charge is 2.00. The first kappa shape index (κ1) is 12.1. The molecule has 0 unspecified atom stereocenters. The van der Waals surface area contributed by atoms with E-state index in [1.165, 1.54) is 22.1 Å². The summed E-state index contributed by atoms with van der Waals surface area (Å²) < 4.78 is 0. The van der Waals surface area contributed by atoms with E-state index >= 15 is 0 Å². The molecular weight excluding hydrogens is 224 g/mol. The zero-order valence-corrected chi connectivity index (χ0v) is 10.7. The Labute approximate surface area is 107 Å². The standard InChI is InChI=1S/C16H16S/c1-2-3-4-7-13-17-16-12-8-10-14-9-5-6-11-15(14)16/h1,5-6,8-12H,3-4,7,13H2. The fourth-order valence-corrected chi connectivity index (χ4v) is 2.92. The van der Waals surface area contributed by atoms with Crippen molar-refractivity contribution in [3.8, 4) is 12.3 Å². The van der Waals surface area contributed by atoms with Crippen LogP contribution in [0.3, 0.4) is 0 Å². The molecule has 2 rings (SSSR count). The van der Waals surface area contributed by atoms with Gasteiger partial charge in [0.1, 0.15) is 0 Å². The zero-order valence-electron chi connectivity index (χ0n) is 9.86. The van der Waals surface area contributed by atoms with Crippen molar-refractivity contribution < 1.29 is 0 Å². The molecule has 0 aliphatic rings. The van der Waals surface area contributed by atoms with Crippen molar-refractivity contribution in [1.29, 1.82) is 0 Å². The lowest BCUT2D eigenvalue weighted by atomic mass is 10.1. The molecule has 0 radical (unpaired) electrons. The average molecular weight is 240 g/mol. The summed E-state index contributed by atoms with van der Waals surface area (Å²) in [7, 11) is 0. The fourth-order valence-electron chi connectivity index (χ4n) is 1.83. The van der Waals surface area contributed by atoms with E-state index in [0.717, 1.165) is 18.6 Å². The Kier molecular flexibility index (Phi) is 4.53. The summed E-state index contributed by atoms with van der Waals surface area (Å²) in [6, 6.07) is 15.0. The van der Waals surface area contributed by atoms with Crippen LogP contribution < -0.4 is 0 Å². The Balaban J connectivity index is 2.01. The molecule has 17 heavy (non-hydrogen) atoms. The maximum Gasteiger partial charge on any atom is 0.0150 e. The third-order valence-electron chi connectivity index (χ3n) is 2.72. The molecule has 0 amide bonds. The molecule has 0 spiro atoms. The molecule has 0 aliphatic heterocycles. The van der Waals surface area contributed by atoms with Crippen LogP contribution in [0.25, 0.3) is 10.8 Å². The van der Waals surface area contributed by atoms with Crippen LogP contribution in [0.2, 0.25) is 0 Å². The van der Waals surface area contributed by atoms with Crippen LogP contribution in [0.1, 0.15) is 19.3 Å². The number of rotatable bonds is 5. The quantitative estimate of drug-likeness (QED) is 0.413. The van der Waals surface area contributed by atoms with Crippen LogP contribution in [-0.4, -0.2) is 5.75 Å². The van der Waals surface area contributed by atoms with Crippen LogP contribution in [0.4, 0.5) is 0 Å². The van der Waals surface area contributed by atoms with Gasteiger partial charge in [0.15, 0.2) is 0 Å². The topological polar surface area (TPSA) is 0 Å². The van der Waals surface area contributed by atoms with E-state index in [1.807, 2.05) is 11.8 Å². The summed E-state index contributed by atoms with van der Waals surface area (Å²) in [5, 5.41) is 2.68. The smallest absolute Gasteiger partial charge is 0.0150 e. The van der Waals surface area contributed by atoms with Gasteiger partial charge in [0.2, 0.25) is 0 Å². The van der Waals surface area contributed by atoms with Crippen LogP contribution in [0.15, 0.2) is 47.4 Å². The number of hydrogen-bond acceptors (Lipinski definition) is 1. The number of fused-ring (bicyclic) bond motifs is 1. The second-order valence-electron chi connectivity index (χ2n) is 3.99. The van der Waals surface area contributed by atoms with Crippen LogP contribution >= 0.6 is 11.8 Å². The molecule has 0 saturated heterocycles. The van der Waals surface area contributed by atoms with E-state index in [4.69, 9.17) is 6.42 Å². The Morgan fingerprint density at radius 3 is 2.71 bits per heavy atom. The van der Waals surface area contributed by atoms with Crippen molar-refractivity contribution in [2.75, 3.05) is 5.75 Å². The number of thioether (sulfide) groups is 1. The Morgan fingerprint density at radius 2 is 1.82 bits per heavy atom. The van der Waals surface area contributed by atoms with E-state index in [-0.39, 0.29) is 0 Å². The van der Waals surface area contributed by atoms with E-state index < -0.39 is 0 Å². The van der Waals surface area contributed by atoms with Gasteiger partial charge in [0.05, 0.1) is 0 Å². The summed E-state index contributed by atoms with van der Waals surface area (Å²) >= 11 is 1.93. The van der Waals surface area contributed by atoms with E-state index in [0.29, 0.717) is 0 Å². The monoisotopic (exact) mass is 240 g/mol. The van der Waals surface area contributed by atoms with Gasteiger partial charge in [-0.3, -0.25) is 0 Å². The molecule has 0 heterocycles. The minimum Gasteiger partial charge on any atom is -0.126 e. The molecule has 0 bridgehead atoms. The molecule has 0 saturated carbocycles.